The number of carbonyl (C=O) groups excluding carboxylic acids is 1. The molecule has 2 aliphatic rings. The number of piperidine rings is 1. The zero-order valence-electron chi connectivity index (χ0n) is 29.0. The number of nitrogens with zero attached hydrogens (tertiary/aromatic N) is 3. The largest absolute Gasteiger partial charge is 0.453 e. The molecule has 1 saturated carbocycles. The van der Waals surface area contributed by atoms with E-state index in [4.69, 9.17) is 28.7 Å². The van der Waals surface area contributed by atoms with Gasteiger partial charge in [0.15, 0.2) is 11.6 Å². The second-order valence-electron chi connectivity index (χ2n) is 12.6. The lowest BCUT2D eigenvalue weighted by molar-refractivity contribution is 0.00376. The minimum atomic E-state index is -0.571. The van der Waals surface area contributed by atoms with Crippen LogP contribution < -0.4 is 20.7 Å². The first-order valence-electron chi connectivity index (χ1n) is 17.6. The molecule has 51 heavy (non-hydrogen) atoms. The minimum absolute atomic E-state index is 0.0654. The maximum absolute atomic E-state index is 15.0. The van der Waals surface area contributed by atoms with Gasteiger partial charge in [-0.1, -0.05) is 6.07 Å². The number of fused-ring (bicyclic) bond motifs is 1. The van der Waals surface area contributed by atoms with E-state index in [1.165, 1.54) is 29.0 Å². The van der Waals surface area contributed by atoms with Crippen molar-refractivity contribution in [3.63, 3.8) is 0 Å². The maximum Gasteiger partial charge on any atom is 0.319 e. The fraction of sp³-hybridized carbons (Fsp3) is 0.486. The van der Waals surface area contributed by atoms with E-state index >= 15 is 0 Å². The number of rotatable bonds is 20. The molecule has 4 heterocycles. The zero-order chi connectivity index (χ0) is 35.3. The van der Waals surface area contributed by atoms with Crippen LogP contribution in [0.15, 0.2) is 54.9 Å². The molecule has 0 spiro atoms. The van der Waals surface area contributed by atoms with E-state index in [2.05, 4.69) is 31.9 Å². The quantitative estimate of drug-likeness (QED) is 0.0961. The van der Waals surface area contributed by atoms with Gasteiger partial charge in [-0.25, -0.2) is 9.18 Å². The van der Waals surface area contributed by atoms with Gasteiger partial charge < -0.3 is 39.6 Å². The Labute approximate surface area is 302 Å². The van der Waals surface area contributed by atoms with Gasteiger partial charge in [-0.3, -0.25) is 14.9 Å². The number of pyridine rings is 2. The van der Waals surface area contributed by atoms with Crippen molar-refractivity contribution >= 4 is 33.3 Å². The standard InChI is InChI=1S/C37H47FN6O6S/c1-46-16-17-48-20-21-49-19-18-47-15-12-39-27-9-13-44(14-10-27)25-26-2-6-31(41-24-26)35-23-32-36(51-35)34(8-11-40-32)50-33-7-5-29(22-30(33)38)43-37(45)42-28-3-4-28/h2,5-8,11,22-24,27-28,39H,3-4,9-10,12-21,25H2,1H3,(H2,42,43,45). The van der Waals surface area contributed by atoms with Gasteiger partial charge in [0.2, 0.25) is 0 Å². The van der Waals surface area contributed by atoms with Gasteiger partial charge >= 0.3 is 6.03 Å². The minimum Gasteiger partial charge on any atom is -0.453 e. The molecule has 0 atom stereocenters. The molecule has 12 nitrogen and oxygen atoms in total. The van der Waals surface area contributed by atoms with Crippen molar-refractivity contribution in [3.8, 4) is 22.1 Å². The predicted octanol–water partition coefficient (Wildman–Crippen LogP) is 5.82. The number of ether oxygens (including phenoxy) is 5. The molecular formula is C37H47FN6O6S. The summed E-state index contributed by atoms with van der Waals surface area (Å²) in [7, 11) is 1.66. The summed E-state index contributed by atoms with van der Waals surface area (Å²) in [5.74, 6) is -0.000807. The molecule has 1 aliphatic carbocycles. The molecule has 14 heteroatoms. The summed E-state index contributed by atoms with van der Waals surface area (Å²) in [6, 6.07) is 12.6. The van der Waals surface area contributed by atoms with Crippen molar-refractivity contribution in [2.24, 2.45) is 0 Å². The number of nitrogens with one attached hydrogen (secondary N) is 3. The predicted molar refractivity (Wildman–Crippen MR) is 195 cm³/mol. The number of hydrogen-bond donors (Lipinski definition) is 3. The number of benzene rings is 1. The number of hydrogen-bond acceptors (Lipinski definition) is 11. The summed E-state index contributed by atoms with van der Waals surface area (Å²) >= 11 is 1.51. The van der Waals surface area contributed by atoms with E-state index in [0.29, 0.717) is 63.7 Å². The number of methoxy groups -OCH3 is 1. The third-order valence-corrected chi connectivity index (χ3v) is 9.79. The molecule has 1 aliphatic heterocycles. The van der Waals surface area contributed by atoms with Crippen LogP contribution in [0.4, 0.5) is 14.9 Å². The van der Waals surface area contributed by atoms with Gasteiger partial charge in [-0.15, -0.1) is 11.3 Å². The van der Waals surface area contributed by atoms with Gasteiger partial charge in [0, 0.05) is 62.5 Å². The Bertz CT molecular complexity index is 1680. The molecule has 3 aromatic heterocycles. The lowest BCUT2D eigenvalue weighted by atomic mass is 10.0. The molecule has 2 amide bonds. The zero-order valence-corrected chi connectivity index (χ0v) is 29.9. The van der Waals surface area contributed by atoms with Crippen molar-refractivity contribution in [2.75, 3.05) is 78.3 Å². The first-order chi connectivity index (χ1) is 25.0. The number of amides is 2. The van der Waals surface area contributed by atoms with Gasteiger partial charge in [0.05, 0.1) is 67.0 Å². The van der Waals surface area contributed by atoms with Crippen molar-refractivity contribution in [1.82, 2.24) is 25.5 Å². The molecule has 0 bridgehead atoms. The van der Waals surface area contributed by atoms with Crippen LogP contribution in [-0.4, -0.2) is 106 Å². The third kappa shape index (κ3) is 11.6. The number of urea groups is 1. The lowest BCUT2D eigenvalue weighted by Gasteiger charge is -2.32. The Balaban J connectivity index is 0.913. The summed E-state index contributed by atoms with van der Waals surface area (Å²) in [6.07, 6.45) is 7.74. The number of carbonyl (C=O) groups is 1. The van der Waals surface area contributed by atoms with E-state index in [9.17, 15) is 9.18 Å². The Morgan fingerprint density at radius 3 is 2.35 bits per heavy atom. The molecule has 3 N–H and O–H groups in total. The number of aromatic nitrogens is 2. The second-order valence-corrected chi connectivity index (χ2v) is 13.7. The lowest BCUT2D eigenvalue weighted by Crippen LogP contribution is -2.43. The molecule has 1 saturated heterocycles. The third-order valence-electron chi connectivity index (χ3n) is 8.62. The summed E-state index contributed by atoms with van der Waals surface area (Å²) in [5, 5.41) is 9.12. The number of anilines is 1. The van der Waals surface area contributed by atoms with Crippen LogP contribution in [0, 0.1) is 5.82 Å². The normalized spacial score (nSPS) is 15.3. The first kappa shape index (κ1) is 37.0. The molecule has 0 unspecified atom stereocenters. The van der Waals surface area contributed by atoms with Crippen LogP contribution >= 0.6 is 11.3 Å². The monoisotopic (exact) mass is 722 g/mol. The average molecular weight is 723 g/mol. The van der Waals surface area contributed by atoms with Crippen molar-refractivity contribution in [3.05, 3.63) is 66.2 Å². The highest BCUT2D eigenvalue weighted by Gasteiger charge is 2.23. The number of likely N-dealkylation sites (tertiary alicyclic amines) is 1. The maximum atomic E-state index is 15.0. The molecule has 0 radical (unpaired) electrons. The van der Waals surface area contributed by atoms with Crippen molar-refractivity contribution in [2.45, 2.75) is 44.3 Å². The van der Waals surface area contributed by atoms with E-state index in [0.717, 1.165) is 72.7 Å². The number of halogens is 1. The highest BCUT2D eigenvalue weighted by atomic mass is 32.1. The second kappa shape index (κ2) is 19.2. The molecular weight excluding hydrogens is 676 g/mol. The smallest absolute Gasteiger partial charge is 0.319 e. The van der Waals surface area contributed by atoms with Crippen LogP contribution in [0.25, 0.3) is 20.8 Å². The summed E-state index contributed by atoms with van der Waals surface area (Å²) in [5.41, 5.74) is 3.13. The van der Waals surface area contributed by atoms with Gasteiger partial charge in [-0.2, -0.15) is 0 Å². The fourth-order valence-electron chi connectivity index (χ4n) is 5.72. The fourth-order valence-corrected chi connectivity index (χ4v) is 6.76. The Kier molecular flexibility index (Phi) is 13.9. The SMILES string of the molecule is COCCOCCOCCOCCNC1CCN(Cc2ccc(-c3cc4nccc(Oc5ccc(NC(=O)NC6CC6)cc5F)c4s3)nc2)CC1. The van der Waals surface area contributed by atoms with Crippen LogP contribution in [0.3, 0.4) is 0 Å². The van der Waals surface area contributed by atoms with Crippen molar-refractivity contribution in [1.29, 1.82) is 0 Å². The summed E-state index contributed by atoms with van der Waals surface area (Å²) in [4.78, 5) is 24.7. The highest BCUT2D eigenvalue weighted by molar-refractivity contribution is 7.22. The molecule has 274 valence electrons. The van der Waals surface area contributed by atoms with Crippen LogP contribution in [0.1, 0.15) is 31.2 Å². The highest BCUT2D eigenvalue weighted by Crippen LogP contribution is 2.39. The van der Waals surface area contributed by atoms with Crippen LogP contribution in [0.5, 0.6) is 11.5 Å². The molecule has 2 fully saturated rings. The summed E-state index contributed by atoms with van der Waals surface area (Å²) < 4.78 is 43.3. The summed E-state index contributed by atoms with van der Waals surface area (Å²) in [6.45, 7) is 7.89. The van der Waals surface area contributed by atoms with E-state index < -0.39 is 5.82 Å². The van der Waals surface area contributed by atoms with Crippen LogP contribution in [-0.2, 0) is 25.5 Å². The van der Waals surface area contributed by atoms with Crippen LogP contribution in [0.2, 0.25) is 0 Å². The van der Waals surface area contributed by atoms with Gasteiger partial charge in [0.25, 0.3) is 0 Å². The number of thiophene rings is 1. The van der Waals surface area contributed by atoms with E-state index in [1.807, 2.05) is 18.3 Å². The Hall–Kier alpha value is -3.76. The van der Waals surface area contributed by atoms with E-state index in [-0.39, 0.29) is 17.8 Å². The molecule has 1 aromatic carbocycles. The average Bonchev–Trinajstić information content (AvgIpc) is 3.84. The van der Waals surface area contributed by atoms with Gasteiger partial charge in [-0.05, 0) is 68.6 Å². The Morgan fingerprint density at radius 1 is 0.882 bits per heavy atom. The van der Waals surface area contributed by atoms with E-state index in [1.54, 1.807) is 25.4 Å². The molecule has 4 aromatic rings. The first-order valence-corrected chi connectivity index (χ1v) is 18.4. The molecule has 6 rings (SSSR count). The van der Waals surface area contributed by atoms with Crippen molar-refractivity contribution < 1.29 is 32.9 Å². The topological polar surface area (TPSA) is 128 Å². The Morgan fingerprint density at radius 2 is 1.65 bits per heavy atom. The van der Waals surface area contributed by atoms with Gasteiger partial charge in [0.1, 0.15) is 5.75 Å².